The molecule has 0 bridgehead atoms. The van der Waals surface area contributed by atoms with Crippen LogP contribution in [0.15, 0.2) is 12.2 Å². The van der Waals surface area contributed by atoms with Gasteiger partial charge in [-0.15, -0.1) is 0 Å². The van der Waals surface area contributed by atoms with Gasteiger partial charge in [0.15, 0.2) is 0 Å². The SMILES string of the molecule is CCC=CCCC.ClC(Cl)(Cl)Cl. The largest absolute Gasteiger partial charge is 0.266 e. The van der Waals surface area contributed by atoms with Crippen molar-refractivity contribution in [1.29, 1.82) is 0 Å². The molecule has 4 heteroatoms. The van der Waals surface area contributed by atoms with E-state index < -0.39 is 3.25 Å². The second kappa shape index (κ2) is 9.98. The fraction of sp³-hybridized carbons (Fsp3) is 0.750. The fourth-order valence-electron chi connectivity index (χ4n) is 0.451. The summed E-state index contributed by atoms with van der Waals surface area (Å²) in [6.07, 6.45) is 8.15. The number of halogens is 4. The summed E-state index contributed by atoms with van der Waals surface area (Å²) in [6, 6.07) is 0. The van der Waals surface area contributed by atoms with Crippen molar-refractivity contribution in [2.75, 3.05) is 0 Å². The number of hydrogen-bond acceptors (Lipinski definition) is 0. The summed E-state index contributed by atoms with van der Waals surface area (Å²) in [5, 5.41) is 0. The van der Waals surface area contributed by atoms with Crippen molar-refractivity contribution >= 4 is 46.4 Å². The van der Waals surface area contributed by atoms with Crippen LogP contribution in [-0.2, 0) is 0 Å². The van der Waals surface area contributed by atoms with E-state index in [2.05, 4.69) is 26.0 Å². The van der Waals surface area contributed by atoms with Gasteiger partial charge in [-0.1, -0.05) is 78.8 Å². The third kappa shape index (κ3) is 44.5. The topological polar surface area (TPSA) is 0 Å². The summed E-state index contributed by atoms with van der Waals surface area (Å²) in [7, 11) is 0. The van der Waals surface area contributed by atoms with Gasteiger partial charge < -0.3 is 0 Å². The first-order chi connectivity index (χ1) is 5.41. The molecular formula is C8H14Cl4. The number of alkyl halides is 4. The Kier molecular flexibility index (Phi) is 12.8. The lowest BCUT2D eigenvalue weighted by atomic mass is 10.3. The van der Waals surface area contributed by atoms with E-state index in [4.69, 9.17) is 46.4 Å². The van der Waals surface area contributed by atoms with E-state index in [-0.39, 0.29) is 0 Å². The Balaban J connectivity index is 0. The van der Waals surface area contributed by atoms with Gasteiger partial charge in [0.25, 0.3) is 3.25 Å². The maximum atomic E-state index is 4.83. The van der Waals surface area contributed by atoms with E-state index in [9.17, 15) is 0 Å². The van der Waals surface area contributed by atoms with Crippen LogP contribution in [0.25, 0.3) is 0 Å². The average molecular weight is 252 g/mol. The summed E-state index contributed by atoms with van der Waals surface area (Å²) >= 11 is 19.3. The fourth-order valence-corrected chi connectivity index (χ4v) is 0.451. The molecule has 0 heterocycles. The van der Waals surface area contributed by atoms with Crippen molar-refractivity contribution in [3.63, 3.8) is 0 Å². The molecule has 0 amide bonds. The summed E-state index contributed by atoms with van der Waals surface area (Å²) < 4.78 is -1.61. The Bertz CT molecular complexity index is 98.1. The van der Waals surface area contributed by atoms with Crippen molar-refractivity contribution in [1.82, 2.24) is 0 Å². The summed E-state index contributed by atoms with van der Waals surface area (Å²) in [6.45, 7) is 4.35. The number of rotatable bonds is 3. The second-order valence-corrected chi connectivity index (χ2v) is 5.53. The van der Waals surface area contributed by atoms with Gasteiger partial charge in [0, 0.05) is 0 Å². The lowest BCUT2D eigenvalue weighted by Crippen LogP contribution is -1.81. The normalized spacial score (nSPS) is 11.2. The second-order valence-electron chi connectivity index (χ2n) is 2.10. The maximum Gasteiger partial charge on any atom is 0.266 e. The van der Waals surface area contributed by atoms with Crippen LogP contribution in [0.2, 0.25) is 0 Å². The minimum Gasteiger partial charge on any atom is -0.0888 e. The molecule has 0 aromatic heterocycles. The van der Waals surface area contributed by atoms with E-state index in [1.54, 1.807) is 0 Å². The Morgan fingerprint density at radius 3 is 1.67 bits per heavy atom. The van der Waals surface area contributed by atoms with E-state index in [1.165, 1.54) is 19.3 Å². The lowest BCUT2D eigenvalue weighted by molar-refractivity contribution is 0.952. The molecule has 74 valence electrons. The van der Waals surface area contributed by atoms with Crippen LogP contribution < -0.4 is 0 Å². The Hall–Kier alpha value is 0.900. The van der Waals surface area contributed by atoms with Gasteiger partial charge in [-0.05, 0) is 12.8 Å². The minimum absolute atomic E-state index is 1.18. The zero-order chi connectivity index (χ0) is 10.0. The van der Waals surface area contributed by atoms with Crippen molar-refractivity contribution in [3.05, 3.63) is 12.2 Å². The zero-order valence-corrected chi connectivity index (χ0v) is 10.3. The van der Waals surface area contributed by atoms with E-state index in [0.29, 0.717) is 0 Å². The van der Waals surface area contributed by atoms with Crippen LogP contribution in [0.5, 0.6) is 0 Å². The minimum atomic E-state index is -1.61. The van der Waals surface area contributed by atoms with Crippen LogP contribution in [0.3, 0.4) is 0 Å². The summed E-state index contributed by atoms with van der Waals surface area (Å²) in [5.41, 5.74) is 0. The van der Waals surface area contributed by atoms with Crippen LogP contribution in [0.1, 0.15) is 33.1 Å². The van der Waals surface area contributed by atoms with Crippen molar-refractivity contribution in [3.8, 4) is 0 Å². The van der Waals surface area contributed by atoms with Gasteiger partial charge in [-0.25, -0.2) is 0 Å². The van der Waals surface area contributed by atoms with E-state index in [1.807, 2.05) is 0 Å². The van der Waals surface area contributed by atoms with Gasteiger partial charge in [0.05, 0.1) is 0 Å². The summed E-state index contributed by atoms with van der Waals surface area (Å²) in [4.78, 5) is 0. The third-order valence-electron chi connectivity index (χ3n) is 0.858. The molecule has 0 saturated carbocycles. The highest BCUT2D eigenvalue weighted by atomic mass is 35.6. The molecule has 0 aliphatic carbocycles. The van der Waals surface area contributed by atoms with Gasteiger partial charge in [-0.2, -0.15) is 0 Å². The van der Waals surface area contributed by atoms with Crippen molar-refractivity contribution in [2.45, 2.75) is 36.4 Å². The molecular weight excluding hydrogens is 238 g/mol. The Morgan fingerprint density at radius 2 is 1.42 bits per heavy atom. The first-order valence-electron chi connectivity index (χ1n) is 3.82. The Morgan fingerprint density at radius 1 is 1.00 bits per heavy atom. The monoisotopic (exact) mass is 250 g/mol. The molecule has 0 aliphatic rings. The van der Waals surface area contributed by atoms with E-state index in [0.717, 1.165) is 0 Å². The van der Waals surface area contributed by atoms with E-state index >= 15 is 0 Å². The van der Waals surface area contributed by atoms with Crippen molar-refractivity contribution in [2.24, 2.45) is 0 Å². The van der Waals surface area contributed by atoms with Crippen LogP contribution in [0, 0.1) is 0 Å². The number of allylic oxidation sites excluding steroid dienone is 2. The first-order valence-corrected chi connectivity index (χ1v) is 5.33. The standard InChI is InChI=1S/C7H14.CCl4/c1-3-5-7-6-4-2;2-1(3,4)5/h5,7H,3-4,6H2,1-2H3;. The number of hydrogen-bond donors (Lipinski definition) is 0. The van der Waals surface area contributed by atoms with Gasteiger partial charge in [-0.3, -0.25) is 0 Å². The predicted molar refractivity (Wildman–Crippen MR) is 60.5 cm³/mol. The summed E-state index contributed by atoms with van der Waals surface area (Å²) in [5.74, 6) is 0. The molecule has 12 heavy (non-hydrogen) atoms. The smallest absolute Gasteiger partial charge is 0.0888 e. The van der Waals surface area contributed by atoms with Gasteiger partial charge in [0.2, 0.25) is 0 Å². The molecule has 0 unspecified atom stereocenters. The highest BCUT2D eigenvalue weighted by Crippen LogP contribution is 2.29. The van der Waals surface area contributed by atoms with Gasteiger partial charge >= 0.3 is 0 Å². The molecule has 0 radical (unpaired) electrons. The average Bonchev–Trinajstić information content (AvgIpc) is 1.85. The molecule has 0 aliphatic heterocycles. The lowest BCUT2D eigenvalue weighted by Gasteiger charge is -1.91. The molecule has 0 saturated heterocycles. The van der Waals surface area contributed by atoms with Crippen LogP contribution >= 0.6 is 46.4 Å². The molecule has 0 nitrogen and oxygen atoms in total. The molecule has 0 spiro atoms. The molecule has 0 atom stereocenters. The molecule has 0 rings (SSSR count). The van der Waals surface area contributed by atoms with Crippen LogP contribution in [0.4, 0.5) is 0 Å². The third-order valence-corrected chi connectivity index (χ3v) is 0.858. The molecule has 0 aromatic carbocycles. The van der Waals surface area contributed by atoms with Gasteiger partial charge in [0.1, 0.15) is 0 Å². The van der Waals surface area contributed by atoms with Crippen LogP contribution in [-0.4, -0.2) is 3.25 Å². The molecule has 0 aromatic rings. The quantitative estimate of drug-likeness (QED) is 0.471. The zero-order valence-electron chi connectivity index (χ0n) is 7.29. The maximum absolute atomic E-state index is 4.83. The van der Waals surface area contributed by atoms with Crippen molar-refractivity contribution < 1.29 is 0 Å². The molecule has 0 fully saturated rings. The predicted octanol–water partition coefficient (Wildman–Crippen LogP) is 5.31. The highest BCUT2D eigenvalue weighted by Gasteiger charge is 2.11. The Labute approximate surface area is 94.8 Å². The highest BCUT2D eigenvalue weighted by molar-refractivity contribution is 6.83. The first kappa shape index (κ1) is 15.4. The molecule has 0 N–H and O–H groups in total. The number of unbranched alkanes of at least 4 members (excludes halogenated alkanes) is 1.